The molecule has 2 aromatic carbocycles. The highest BCUT2D eigenvalue weighted by atomic mass is 32.2. The molecular weight excluding hydrogens is 414 g/mol. The fraction of sp³-hybridized carbons (Fsp3) is 0.217. The minimum Gasteiger partial charge on any atom is -0.393 e. The van der Waals surface area contributed by atoms with Crippen molar-refractivity contribution in [2.24, 2.45) is 0 Å². The quantitative estimate of drug-likeness (QED) is 0.639. The van der Waals surface area contributed by atoms with Gasteiger partial charge in [-0.15, -0.1) is 0 Å². The van der Waals surface area contributed by atoms with Crippen LogP contribution < -0.4 is 5.32 Å². The number of aromatic nitrogens is 1. The molecule has 160 valence electrons. The van der Waals surface area contributed by atoms with Crippen molar-refractivity contribution in [3.63, 3.8) is 0 Å². The van der Waals surface area contributed by atoms with E-state index in [0.29, 0.717) is 18.5 Å². The number of nitrogens with one attached hydrogen (secondary N) is 1. The van der Waals surface area contributed by atoms with E-state index in [4.69, 9.17) is 0 Å². The third-order valence-electron chi connectivity index (χ3n) is 5.29. The predicted molar refractivity (Wildman–Crippen MR) is 118 cm³/mol. The Kier molecular flexibility index (Phi) is 6.13. The average Bonchev–Trinajstić information content (AvgIpc) is 2.80. The zero-order valence-corrected chi connectivity index (χ0v) is 17.6. The molecule has 2 heterocycles. The number of anilines is 1. The maximum Gasteiger partial charge on any atom is 0.255 e. The molecule has 1 saturated heterocycles. The van der Waals surface area contributed by atoms with Gasteiger partial charge in [0.1, 0.15) is 0 Å². The molecule has 1 fully saturated rings. The van der Waals surface area contributed by atoms with Gasteiger partial charge in [-0.2, -0.15) is 4.31 Å². The molecule has 8 heteroatoms. The lowest BCUT2D eigenvalue weighted by Crippen LogP contribution is -2.40. The molecule has 0 atom stereocenters. The largest absolute Gasteiger partial charge is 0.393 e. The Morgan fingerprint density at radius 1 is 0.968 bits per heavy atom. The van der Waals surface area contributed by atoms with E-state index in [1.165, 1.54) is 16.4 Å². The fourth-order valence-corrected chi connectivity index (χ4v) is 5.07. The van der Waals surface area contributed by atoms with Crippen molar-refractivity contribution in [1.29, 1.82) is 0 Å². The number of rotatable bonds is 5. The van der Waals surface area contributed by atoms with E-state index in [9.17, 15) is 18.3 Å². The first-order chi connectivity index (χ1) is 14.9. The van der Waals surface area contributed by atoms with Crippen molar-refractivity contribution in [2.45, 2.75) is 23.8 Å². The zero-order chi connectivity index (χ0) is 21.8. The Morgan fingerprint density at radius 3 is 2.42 bits per heavy atom. The molecule has 2 N–H and O–H groups in total. The number of nitrogens with zero attached hydrogens (tertiary/aromatic N) is 2. The molecule has 1 aliphatic heterocycles. The van der Waals surface area contributed by atoms with Gasteiger partial charge >= 0.3 is 0 Å². The van der Waals surface area contributed by atoms with Crippen LogP contribution in [-0.2, 0) is 10.0 Å². The summed E-state index contributed by atoms with van der Waals surface area (Å²) in [4.78, 5) is 16.9. The SMILES string of the molecule is O=C(Nc1cccc(-c2ccncc2)c1)c1cccc(S(=O)(=O)N2CCC(O)CC2)c1. The highest BCUT2D eigenvalue weighted by Gasteiger charge is 2.29. The second kappa shape index (κ2) is 8.97. The number of sulfonamides is 1. The molecule has 0 saturated carbocycles. The van der Waals surface area contributed by atoms with Gasteiger partial charge in [-0.3, -0.25) is 9.78 Å². The molecule has 1 aliphatic rings. The number of hydrogen-bond acceptors (Lipinski definition) is 5. The van der Waals surface area contributed by atoms with Crippen LogP contribution in [0.4, 0.5) is 5.69 Å². The molecule has 0 aliphatic carbocycles. The summed E-state index contributed by atoms with van der Waals surface area (Å²) in [5, 5.41) is 12.5. The van der Waals surface area contributed by atoms with Crippen LogP contribution in [0.25, 0.3) is 11.1 Å². The number of aliphatic hydroxyl groups excluding tert-OH is 1. The number of carbonyl (C=O) groups is 1. The number of aliphatic hydroxyl groups is 1. The van der Waals surface area contributed by atoms with E-state index in [2.05, 4.69) is 10.3 Å². The van der Waals surface area contributed by atoms with Gasteiger partial charge < -0.3 is 10.4 Å². The van der Waals surface area contributed by atoms with E-state index in [1.54, 1.807) is 30.6 Å². The van der Waals surface area contributed by atoms with Gasteiger partial charge in [0.05, 0.1) is 11.0 Å². The molecule has 0 radical (unpaired) electrons. The Labute approximate surface area is 181 Å². The molecule has 31 heavy (non-hydrogen) atoms. The third kappa shape index (κ3) is 4.82. The molecule has 7 nitrogen and oxygen atoms in total. The van der Waals surface area contributed by atoms with Gasteiger partial charge in [0, 0.05) is 36.7 Å². The summed E-state index contributed by atoms with van der Waals surface area (Å²) >= 11 is 0. The van der Waals surface area contributed by atoms with E-state index in [-0.39, 0.29) is 23.5 Å². The Balaban J connectivity index is 1.53. The van der Waals surface area contributed by atoms with Crippen molar-refractivity contribution < 1.29 is 18.3 Å². The van der Waals surface area contributed by atoms with Crippen molar-refractivity contribution in [3.05, 3.63) is 78.6 Å². The average molecular weight is 438 g/mol. The van der Waals surface area contributed by atoms with Gasteiger partial charge in [0.15, 0.2) is 0 Å². The molecule has 3 aromatic rings. The van der Waals surface area contributed by atoms with Gasteiger partial charge in [0.2, 0.25) is 10.0 Å². The van der Waals surface area contributed by atoms with E-state index >= 15 is 0 Å². The zero-order valence-electron chi connectivity index (χ0n) is 16.8. The molecular formula is C23H23N3O4S. The minimum absolute atomic E-state index is 0.0714. The molecule has 0 bridgehead atoms. The lowest BCUT2D eigenvalue weighted by Gasteiger charge is -2.28. The Bertz CT molecular complexity index is 1170. The lowest BCUT2D eigenvalue weighted by molar-refractivity contribution is 0.102. The lowest BCUT2D eigenvalue weighted by atomic mass is 10.1. The fourth-order valence-electron chi connectivity index (χ4n) is 3.55. The van der Waals surface area contributed by atoms with E-state index in [0.717, 1.165) is 11.1 Å². The van der Waals surface area contributed by atoms with Crippen LogP contribution >= 0.6 is 0 Å². The van der Waals surface area contributed by atoms with Crippen molar-refractivity contribution in [2.75, 3.05) is 18.4 Å². The molecule has 0 spiro atoms. The Hall–Kier alpha value is -3.07. The first-order valence-electron chi connectivity index (χ1n) is 10.0. The first kappa shape index (κ1) is 21.2. The second-order valence-electron chi connectivity index (χ2n) is 7.43. The van der Waals surface area contributed by atoms with Crippen LogP contribution in [0.3, 0.4) is 0 Å². The summed E-state index contributed by atoms with van der Waals surface area (Å²) in [6.07, 6.45) is 3.76. The van der Waals surface area contributed by atoms with Crippen molar-refractivity contribution >= 4 is 21.6 Å². The predicted octanol–water partition coefficient (Wildman–Crippen LogP) is 3.15. The summed E-state index contributed by atoms with van der Waals surface area (Å²) in [6.45, 7) is 0.531. The monoisotopic (exact) mass is 437 g/mol. The summed E-state index contributed by atoms with van der Waals surface area (Å²) in [5.74, 6) is -0.391. The first-order valence-corrected chi connectivity index (χ1v) is 11.5. The number of benzene rings is 2. The van der Waals surface area contributed by atoms with Gasteiger partial charge in [0.25, 0.3) is 5.91 Å². The normalized spacial score (nSPS) is 15.5. The molecule has 1 amide bonds. The van der Waals surface area contributed by atoms with Crippen molar-refractivity contribution in [1.82, 2.24) is 9.29 Å². The van der Waals surface area contributed by atoms with E-state index in [1.807, 2.05) is 30.3 Å². The summed E-state index contributed by atoms with van der Waals surface area (Å²) < 4.78 is 27.2. The maximum absolute atomic E-state index is 12.9. The third-order valence-corrected chi connectivity index (χ3v) is 7.19. The topological polar surface area (TPSA) is 99.6 Å². The highest BCUT2D eigenvalue weighted by molar-refractivity contribution is 7.89. The number of amides is 1. The summed E-state index contributed by atoms with van der Waals surface area (Å²) in [6, 6.07) is 17.2. The highest BCUT2D eigenvalue weighted by Crippen LogP contribution is 2.24. The maximum atomic E-state index is 12.9. The van der Waals surface area contributed by atoms with Crippen molar-refractivity contribution in [3.8, 4) is 11.1 Å². The minimum atomic E-state index is -3.72. The standard InChI is InChI=1S/C23H23N3O4S/c27-21-9-13-26(14-10-21)31(29,30)22-6-2-4-19(16-22)23(28)25-20-5-1-3-18(15-20)17-7-11-24-12-8-17/h1-8,11-12,15-16,21,27H,9-10,13-14H2,(H,25,28). The number of hydrogen-bond donors (Lipinski definition) is 2. The van der Waals surface area contributed by atoms with Crippen LogP contribution in [0.15, 0.2) is 78.0 Å². The smallest absolute Gasteiger partial charge is 0.255 e. The van der Waals surface area contributed by atoms with Gasteiger partial charge in [-0.05, 0) is 66.4 Å². The van der Waals surface area contributed by atoms with Crippen LogP contribution in [0, 0.1) is 0 Å². The number of carbonyl (C=O) groups excluding carboxylic acids is 1. The van der Waals surface area contributed by atoms with Gasteiger partial charge in [-0.25, -0.2) is 8.42 Å². The number of pyridine rings is 1. The molecule has 0 unspecified atom stereocenters. The molecule has 1 aromatic heterocycles. The van der Waals surface area contributed by atoms with E-state index < -0.39 is 22.0 Å². The summed E-state index contributed by atoms with van der Waals surface area (Å²) in [7, 11) is -3.72. The van der Waals surface area contributed by atoms with Crippen LogP contribution in [-0.4, -0.2) is 47.9 Å². The second-order valence-corrected chi connectivity index (χ2v) is 9.37. The molecule has 4 rings (SSSR count). The van der Waals surface area contributed by atoms with Crippen LogP contribution in [0.1, 0.15) is 23.2 Å². The van der Waals surface area contributed by atoms with Crippen LogP contribution in [0.5, 0.6) is 0 Å². The van der Waals surface area contributed by atoms with Crippen LogP contribution in [0.2, 0.25) is 0 Å². The van der Waals surface area contributed by atoms with Gasteiger partial charge in [-0.1, -0.05) is 18.2 Å². The number of piperidine rings is 1. The Morgan fingerprint density at radius 2 is 1.68 bits per heavy atom. The summed E-state index contributed by atoms with van der Waals surface area (Å²) in [5.41, 5.74) is 2.78.